The number of hydrogen-bond donors (Lipinski definition) is 1. The van der Waals surface area contributed by atoms with Crippen LogP contribution < -0.4 is 10.9 Å². The number of aryl methyl sites for hydroxylation is 2. The van der Waals surface area contributed by atoms with Crippen molar-refractivity contribution in [2.75, 3.05) is 11.1 Å². The van der Waals surface area contributed by atoms with Gasteiger partial charge in [-0.15, -0.1) is 11.3 Å². The molecular weight excluding hydrogens is 438 g/mol. The standard InChI is InChI=1S/C22H18ClN3O2S2/c1-13-3-8-17(14(2)11-13)24-19(27)12-30-22-25-18-9-10-29-20(18)21(28)26(22)16-6-4-15(23)5-7-16/h3-11H,12H2,1-2H3,(H,24,27). The van der Waals surface area contributed by atoms with Crippen molar-refractivity contribution in [3.63, 3.8) is 0 Å². The van der Waals surface area contributed by atoms with Crippen LogP contribution in [0, 0.1) is 13.8 Å². The van der Waals surface area contributed by atoms with Crippen LogP contribution in [-0.4, -0.2) is 21.2 Å². The molecule has 5 nitrogen and oxygen atoms in total. The van der Waals surface area contributed by atoms with Gasteiger partial charge in [0.2, 0.25) is 5.91 Å². The molecule has 2 aromatic heterocycles. The predicted molar refractivity (Wildman–Crippen MR) is 125 cm³/mol. The van der Waals surface area contributed by atoms with Crippen LogP contribution in [0.4, 0.5) is 5.69 Å². The minimum atomic E-state index is -0.158. The lowest BCUT2D eigenvalue weighted by molar-refractivity contribution is -0.113. The molecule has 4 rings (SSSR count). The molecule has 152 valence electrons. The van der Waals surface area contributed by atoms with E-state index in [1.165, 1.54) is 27.7 Å². The van der Waals surface area contributed by atoms with E-state index in [1.807, 2.05) is 43.5 Å². The zero-order chi connectivity index (χ0) is 21.3. The normalized spacial score (nSPS) is 11.0. The number of fused-ring (bicyclic) bond motifs is 1. The molecule has 0 atom stereocenters. The molecule has 0 aliphatic heterocycles. The van der Waals surface area contributed by atoms with Gasteiger partial charge in [-0.05, 0) is 61.2 Å². The summed E-state index contributed by atoms with van der Waals surface area (Å²) < 4.78 is 2.11. The predicted octanol–water partition coefficient (Wildman–Crippen LogP) is 5.45. The van der Waals surface area contributed by atoms with Crippen molar-refractivity contribution in [2.45, 2.75) is 19.0 Å². The van der Waals surface area contributed by atoms with Crippen LogP contribution in [0.2, 0.25) is 5.02 Å². The number of anilines is 1. The summed E-state index contributed by atoms with van der Waals surface area (Å²) in [6.45, 7) is 3.97. The van der Waals surface area contributed by atoms with E-state index >= 15 is 0 Å². The molecule has 0 saturated carbocycles. The van der Waals surface area contributed by atoms with Gasteiger partial charge in [-0.25, -0.2) is 4.98 Å². The fourth-order valence-electron chi connectivity index (χ4n) is 3.08. The number of thiophene rings is 1. The van der Waals surface area contributed by atoms with Crippen molar-refractivity contribution in [3.8, 4) is 5.69 Å². The highest BCUT2D eigenvalue weighted by Gasteiger charge is 2.16. The number of amides is 1. The van der Waals surface area contributed by atoms with Crippen LogP contribution in [-0.2, 0) is 4.79 Å². The van der Waals surface area contributed by atoms with Gasteiger partial charge in [0.15, 0.2) is 5.16 Å². The SMILES string of the molecule is Cc1ccc(NC(=O)CSc2nc3ccsc3c(=O)n2-c2ccc(Cl)cc2)c(C)c1. The smallest absolute Gasteiger partial charge is 0.276 e. The fourth-order valence-corrected chi connectivity index (χ4v) is 4.78. The van der Waals surface area contributed by atoms with Gasteiger partial charge < -0.3 is 5.32 Å². The number of carbonyl (C=O) groups is 1. The largest absolute Gasteiger partial charge is 0.325 e. The summed E-state index contributed by atoms with van der Waals surface area (Å²) in [4.78, 5) is 30.3. The lowest BCUT2D eigenvalue weighted by Gasteiger charge is -2.13. The number of thioether (sulfide) groups is 1. The van der Waals surface area contributed by atoms with Crippen LogP contribution in [0.15, 0.2) is 63.9 Å². The maximum absolute atomic E-state index is 13.1. The third-order valence-corrected chi connectivity index (χ3v) is 6.60. The molecule has 4 aromatic rings. The number of nitrogens with one attached hydrogen (secondary N) is 1. The van der Waals surface area contributed by atoms with Gasteiger partial charge in [0.05, 0.1) is 17.0 Å². The molecule has 0 spiro atoms. The van der Waals surface area contributed by atoms with Crippen molar-refractivity contribution >= 4 is 56.5 Å². The second kappa shape index (κ2) is 8.63. The summed E-state index contributed by atoms with van der Waals surface area (Å²) >= 11 is 8.58. The zero-order valence-corrected chi connectivity index (χ0v) is 18.7. The van der Waals surface area contributed by atoms with E-state index in [1.54, 1.807) is 24.3 Å². The first-order chi connectivity index (χ1) is 14.4. The molecule has 0 saturated heterocycles. The Kier molecular flexibility index (Phi) is 5.94. The molecule has 0 bridgehead atoms. The van der Waals surface area contributed by atoms with E-state index in [0.29, 0.717) is 26.1 Å². The Balaban J connectivity index is 1.63. The van der Waals surface area contributed by atoms with Crippen molar-refractivity contribution < 1.29 is 4.79 Å². The van der Waals surface area contributed by atoms with Gasteiger partial charge in [0.1, 0.15) is 4.70 Å². The molecule has 30 heavy (non-hydrogen) atoms. The van der Waals surface area contributed by atoms with Crippen LogP contribution in [0.25, 0.3) is 15.9 Å². The molecule has 0 fully saturated rings. The van der Waals surface area contributed by atoms with E-state index < -0.39 is 0 Å². The first-order valence-corrected chi connectivity index (χ1v) is 11.4. The molecule has 1 amide bonds. The number of halogens is 1. The molecular formula is C22H18ClN3O2S2. The average molecular weight is 456 g/mol. The molecule has 0 unspecified atom stereocenters. The van der Waals surface area contributed by atoms with E-state index in [4.69, 9.17) is 11.6 Å². The number of carbonyl (C=O) groups excluding carboxylic acids is 1. The first kappa shape index (κ1) is 20.7. The van der Waals surface area contributed by atoms with Crippen LogP contribution in [0.3, 0.4) is 0 Å². The van der Waals surface area contributed by atoms with Crippen molar-refractivity contribution in [3.05, 3.63) is 80.4 Å². The molecule has 0 aliphatic rings. The van der Waals surface area contributed by atoms with E-state index in [-0.39, 0.29) is 17.2 Å². The third kappa shape index (κ3) is 4.28. The number of rotatable bonds is 5. The van der Waals surface area contributed by atoms with Gasteiger partial charge in [-0.3, -0.25) is 14.2 Å². The van der Waals surface area contributed by atoms with Crippen molar-refractivity contribution in [1.29, 1.82) is 0 Å². The van der Waals surface area contributed by atoms with Gasteiger partial charge >= 0.3 is 0 Å². The second-order valence-electron chi connectivity index (χ2n) is 6.80. The maximum Gasteiger partial charge on any atom is 0.276 e. The van der Waals surface area contributed by atoms with Gasteiger partial charge in [0.25, 0.3) is 5.56 Å². The molecule has 0 aliphatic carbocycles. The Morgan fingerprint density at radius 3 is 2.67 bits per heavy atom. The van der Waals surface area contributed by atoms with Gasteiger partial charge in [0, 0.05) is 10.7 Å². The summed E-state index contributed by atoms with van der Waals surface area (Å²) in [5, 5.41) is 5.82. The minimum absolute atomic E-state index is 0.128. The minimum Gasteiger partial charge on any atom is -0.325 e. The monoisotopic (exact) mass is 455 g/mol. The Hall–Kier alpha value is -2.61. The molecule has 0 radical (unpaired) electrons. The summed E-state index contributed by atoms with van der Waals surface area (Å²) in [7, 11) is 0. The molecule has 2 aromatic carbocycles. The summed E-state index contributed by atoms with van der Waals surface area (Å²) in [6, 6.07) is 14.7. The summed E-state index contributed by atoms with van der Waals surface area (Å²) in [5.74, 6) is -0.0301. The quantitative estimate of drug-likeness (QED) is 0.321. The highest BCUT2D eigenvalue weighted by molar-refractivity contribution is 7.99. The first-order valence-electron chi connectivity index (χ1n) is 9.18. The summed E-state index contributed by atoms with van der Waals surface area (Å²) in [6.07, 6.45) is 0. The van der Waals surface area contributed by atoms with Crippen LogP contribution in [0.1, 0.15) is 11.1 Å². The van der Waals surface area contributed by atoms with Crippen molar-refractivity contribution in [1.82, 2.24) is 9.55 Å². The Labute approximate surface area is 186 Å². The Morgan fingerprint density at radius 2 is 1.93 bits per heavy atom. The summed E-state index contributed by atoms with van der Waals surface area (Å²) in [5.41, 5.74) is 4.05. The zero-order valence-electron chi connectivity index (χ0n) is 16.3. The van der Waals surface area contributed by atoms with Gasteiger partial charge in [-0.2, -0.15) is 0 Å². The van der Waals surface area contributed by atoms with E-state index in [2.05, 4.69) is 10.3 Å². The Bertz CT molecular complexity index is 1300. The third-order valence-electron chi connectivity index (χ3n) is 4.52. The highest BCUT2D eigenvalue weighted by atomic mass is 35.5. The number of aromatic nitrogens is 2. The van der Waals surface area contributed by atoms with Crippen molar-refractivity contribution in [2.24, 2.45) is 0 Å². The number of hydrogen-bond acceptors (Lipinski definition) is 5. The topological polar surface area (TPSA) is 64.0 Å². The molecule has 2 heterocycles. The van der Waals surface area contributed by atoms with Crippen LogP contribution >= 0.6 is 34.7 Å². The maximum atomic E-state index is 13.1. The van der Waals surface area contributed by atoms with Gasteiger partial charge in [-0.1, -0.05) is 41.1 Å². The lowest BCUT2D eigenvalue weighted by atomic mass is 10.1. The average Bonchev–Trinajstić information content (AvgIpc) is 3.19. The second-order valence-corrected chi connectivity index (χ2v) is 9.10. The molecule has 1 N–H and O–H groups in total. The highest BCUT2D eigenvalue weighted by Crippen LogP contribution is 2.25. The number of nitrogens with zero attached hydrogens (tertiary/aromatic N) is 2. The fraction of sp³-hybridized carbons (Fsp3) is 0.136. The molecule has 8 heteroatoms. The van der Waals surface area contributed by atoms with E-state index in [0.717, 1.165) is 16.8 Å². The number of benzene rings is 2. The lowest BCUT2D eigenvalue weighted by Crippen LogP contribution is -2.22. The Morgan fingerprint density at radius 1 is 1.17 bits per heavy atom. The van der Waals surface area contributed by atoms with Crippen LogP contribution in [0.5, 0.6) is 0 Å². The van der Waals surface area contributed by atoms with E-state index in [9.17, 15) is 9.59 Å².